The number of thiophene rings is 2. The van der Waals surface area contributed by atoms with Crippen molar-refractivity contribution in [3.05, 3.63) is 69.2 Å². The van der Waals surface area contributed by atoms with Crippen LogP contribution in [0.15, 0.2) is 52.0 Å². The summed E-state index contributed by atoms with van der Waals surface area (Å²) < 4.78 is 19.0. The van der Waals surface area contributed by atoms with Crippen molar-refractivity contribution in [3.8, 4) is 16.2 Å². The third kappa shape index (κ3) is 3.99. The molecule has 0 saturated heterocycles. The van der Waals surface area contributed by atoms with E-state index in [-0.39, 0.29) is 22.4 Å². The van der Waals surface area contributed by atoms with Crippen molar-refractivity contribution in [2.75, 3.05) is 12.4 Å². The molecule has 3 aromatic heterocycles. The van der Waals surface area contributed by atoms with Crippen LogP contribution in [0.25, 0.3) is 20.7 Å². The Morgan fingerprint density at radius 3 is 2.89 bits per heavy atom. The van der Waals surface area contributed by atoms with Crippen LogP contribution in [0, 0.1) is 5.82 Å². The Bertz CT molecular complexity index is 1140. The summed E-state index contributed by atoms with van der Waals surface area (Å²) >= 11 is 4.70. The highest BCUT2D eigenvalue weighted by Gasteiger charge is 2.16. The Morgan fingerprint density at radius 1 is 1.25 bits per heavy atom. The molecular weight excluding hydrogens is 415 g/mol. The van der Waals surface area contributed by atoms with Crippen molar-refractivity contribution >= 4 is 44.7 Å². The number of hydrogen-bond acceptors (Lipinski definition) is 6. The number of thioether (sulfide) groups is 1. The molecule has 0 radical (unpaired) electrons. The van der Waals surface area contributed by atoms with E-state index >= 15 is 0 Å². The highest BCUT2D eigenvalue weighted by Crippen LogP contribution is 2.34. The molecular formula is C20H17FN2O2S3. The average molecular weight is 433 g/mol. The number of ether oxygens (including phenoxy) is 1. The second kappa shape index (κ2) is 8.46. The molecule has 4 nitrogen and oxygen atoms in total. The van der Waals surface area contributed by atoms with E-state index in [0.717, 1.165) is 15.3 Å². The van der Waals surface area contributed by atoms with Crippen LogP contribution in [0.4, 0.5) is 4.39 Å². The summed E-state index contributed by atoms with van der Waals surface area (Å²) in [4.78, 5) is 22.1. The van der Waals surface area contributed by atoms with Crippen LogP contribution in [0.2, 0.25) is 0 Å². The maximum Gasteiger partial charge on any atom is 0.260 e. The van der Waals surface area contributed by atoms with E-state index in [1.807, 2.05) is 29.8 Å². The van der Waals surface area contributed by atoms with E-state index in [4.69, 9.17) is 4.74 Å². The minimum Gasteiger partial charge on any atom is -0.490 e. The van der Waals surface area contributed by atoms with Gasteiger partial charge in [0.05, 0.1) is 17.2 Å². The average Bonchev–Trinajstić information content (AvgIpc) is 3.35. The molecule has 0 amide bonds. The Kier molecular flexibility index (Phi) is 5.79. The molecule has 4 rings (SSSR count). The number of hydrogen-bond donors (Lipinski definition) is 1. The van der Waals surface area contributed by atoms with Crippen LogP contribution < -0.4 is 10.3 Å². The normalized spacial score (nSPS) is 12.4. The lowest BCUT2D eigenvalue weighted by molar-refractivity contribution is 0.325. The van der Waals surface area contributed by atoms with E-state index in [2.05, 4.69) is 9.97 Å². The van der Waals surface area contributed by atoms with Crippen molar-refractivity contribution in [1.82, 2.24) is 9.97 Å². The van der Waals surface area contributed by atoms with Crippen molar-refractivity contribution < 1.29 is 9.13 Å². The molecule has 1 unspecified atom stereocenters. The van der Waals surface area contributed by atoms with Gasteiger partial charge in [0.1, 0.15) is 10.7 Å². The zero-order valence-electron chi connectivity index (χ0n) is 15.0. The number of rotatable bonds is 7. The topological polar surface area (TPSA) is 55.0 Å². The second-order valence-corrected chi connectivity index (χ2v) is 9.30. The Morgan fingerprint density at radius 2 is 2.11 bits per heavy atom. The van der Waals surface area contributed by atoms with Gasteiger partial charge in [0.25, 0.3) is 5.56 Å². The van der Waals surface area contributed by atoms with Gasteiger partial charge in [-0.3, -0.25) is 4.79 Å². The number of benzene rings is 1. The molecule has 0 aliphatic heterocycles. The Hall–Kier alpha value is -2.16. The van der Waals surface area contributed by atoms with Gasteiger partial charge in [0.15, 0.2) is 11.6 Å². The van der Waals surface area contributed by atoms with E-state index in [0.29, 0.717) is 23.6 Å². The highest BCUT2D eigenvalue weighted by atomic mass is 32.2. The summed E-state index contributed by atoms with van der Waals surface area (Å²) in [5.74, 6) is 1.19. The van der Waals surface area contributed by atoms with Gasteiger partial charge in [-0.1, -0.05) is 18.2 Å². The lowest BCUT2D eigenvalue weighted by atomic mass is 10.2. The molecule has 8 heteroatoms. The molecule has 0 aliphatic rings. The van der Waals surface area contributed by atoms with Gasteiger partial charge in [-0.2, -0.15) is 0 Å². The number of halogens is 1. The van der Waals surface area contributed by atoms with Gasteiger partial charge in [0, 0.05) is 21.6 Å². The maximum atomic E-state index is 13.6. The van der Waals surface area contributed by atoms with Gasteiger partial charge in [-0.15, -0.1) is 34.4 Å². The third-order valence-corrected chi connectivity index (χ3v) is 7.08. The molecule has 4 aromatic rings. The van der Waals surface area contributed by atoms with Crippen molar-refractivity contribution in [2.45, 2.75) is 12.2 Å². The summed E-state index contributed by atoms with van der Waals surface area (Å²) in [6.45, 7) is 2.37. The molecule has 28 heavy (non-hydrogen) atoms. The quantitative estimate of drug-likeness (QED) is 0.379. The van der Waals surface area contributed by atoms with Gasteiger partial charge >= 0.3 is 0 Å². The first-order chi connectivity index (χ1) is 13.6. The molecule has 0 saturated carbocycles. The monoisotopic (exact) mass is 432 g/mol. The number of aromatic amines is 1. The fraction of sp³-hybridized carbons (Fsp3) is 0.200. The van der Waals surface area contributed by atoms with Crippen LogP contribution in [-0.4, -0.2) is 22.3 Å². The number of H-pyrrole nitrogens is 1. The van der Waals surface area contributed by atoms with Crippen LogP contribution in [0.3, 0.4) is 0 Å². The summed E-state index contributed by atoms with van der Waals surface area (Å²) in [5, 5.41) is 4.63. The molecule has 0 fully saturated rings. The zero-order chi connectivity index (χ0) is 19.5. The van der Waals surface area contributed by atoms with Gasteiger partial charge in [0.2, 0.25) is 0 Å². The Labute approximate surface area is 173 Å². The lowest BCUT2D eigenvalue weighted by Gasteiger charge is -2.11. The molecule has 0 spiro atoms. The van der Waals surface area contributed by atoms with E-state index in [9.17, 15) is 9.18 Å². The number of nitrogens with one attached hydrogen (secondary N) is 1. The molecule has 3 heterocycles. The molecule has 144 valence electrons. The second-order valence-electron chi connectivity index (χ2n) is 6.05. The number of aromatic nitrogens is 2. The summed E-state index contributed by atoms with van der Waals surface area (Å²) in [5.41, 5.74) is 0.827. The molecule has 1 atom stereocenters. The first-order valence-electron chi connectivity index (χ1n) is 8.67. The fourth-order valence-corrected chi connectivity index (χ4v) is 5.36. The van der Waals surface area contributed by atoms with Crippen molar-refractivity contribution in [2.24, 2.45) is 0 Å². The minimum absolute atomic E-state index is 0.00592. The van der Waals surface area contributed by atoms with Crippen LogP contribution in [0.1, 0.15) is 18.0 Å². The smallest absolute Gasteiger partial charge is 0.260 e. The third-order valence-electron chi connectivity index (χ3n) is 4.18. The standard InChI is InChI=1S/C20H17FN2O2S3/c1-12(26-10-8-25-15-6-3-2-5-14(15)21)18-22-19(24)17-13(11-28-20(17)23-18)16-7-4-9-27-16/h2-7,9,11-12H,8,10H2,1H3,(H,22,23,24). The number of fused-ring (bicyclic) bond motifs is 1. The zero-order valence-corrected chi connectivity index (χ0v) is 17.4. The molecule has 1 N–H and O–H groups in total. The molecule has 1 aromatic carbocycles. The lowest BCUT2D eigenvalue weighted by Crippen LogP contribution is -2.13. The van der Waals surface area contributed by atoms with E-state index in [1.165, 1.54) is 17.4 Å². The maximum absolute atomic E-state index is 13.6. The Balaban J connectivity index is 1.44. The number of para-hydroxylation sites is 1. The predicted octanol–water partition coefficient (Wildman–Crippen LogP) is 5.73. The summed E-state index contributed by atoms with van der Waals surface area (Å²) in [7, 11) is 0. The fourth-order valence-electron chi connectivity index (χ4n) is 2.79. The van der Waals surface area contributed by atoms with Crippen molar-refractivity contribution in [1.29, 1.82) is 0 Å². The first-order valence-corrected chi connectivity index (χ1v) is 11.5. The molecule has 0 bridgehead atoms. The summed E-state index contributed by atoms with van der Waals surface area (Å²) in [6.07, 6.45) is 0. The molecule has 0 aliphatic carbocycles. The van der Waals surface area contributed by atoms with Gasteiger partial charge in [-0.25, -0.2) is 9.37 Å². The SMILES string of the molecule is CC(SCCOc1ccccc1F)c1nc2scc(-c3cccs3)c2c(=O)[nH]1. The highest BCUT2D eigenvalue weighted by molar-refractivity contribution is 7.99. The summed E-state index contributed by atoms with van der Waals surface area (Å²) in [6, 6.07) is 10.3. The first kappa shape index (κ1) is 19.2. The van der Waals surface area contributed by atoms with Crippen LogP contribution >= 0.6 is 34.4 Å². The predicted molar refractivity (Wildman–Crippen MR) is 116 cm³/mol. The van der Waals surface area contributed by atoms with Crippen molar-refractivity contribution in [3.63, 3.8) is 0 Å². The van der Waals surface area contributed by atoms with Gasteiger partial charge in [-0.05, 0) is 30.5 Å². The van der Waals surface area contributed by atoms with Crippen LogP contribution in [-0.2, 0) is 0 Å². The minimum atomic E-state index is -0.365. The number of nitrogens with zero attached hydrogens (tertiary/aromatic N) is 1. The van der Waals surface area contributed by atoms with E-state index < -0.39 is 0 Å². The van der Waals surface area contributed by atoms with Crippen LogP contribution in [0.5, 0.6) is 5.75 Å². The largest absolute Gasteiger partial charge is 0.490 e. The van der Waals surface area contributed by atoms with Gasteiger partial charge < -0.3 is 9.72 Å². The van der Waals surface area contributed by atoms with E-state index in [1.54, 1.807) is 41.3 Å².